The van der Waals surface area contributed by atoms with Gasteiger partial charge in [0.25, 0.3) is 0 Å². The second kappa shape index (κ2) is 11.6. The van der Waals surface area contributed by atoms with E-state index in [4.69, 9.17) is 0 Å². The Hall–Kier alpha value is -3.17. The number of nitrogens with one attached hydrogen (secondary N) is 4. The average Bonchev–Trinajstić information content (AvgIpc) is 3.25. The second-order valence-corrected chi connectivity index (χ2v) is 15.9. The summed E-state index contributed by atoms with van der Waals surface area (Å²) < 4.78 is 59.0. The number of anilines is 2. The zero-order chi connectivity index (χ0) is 31.0. The monoisotopic (exact) mass is 621 g/mol. The van der Waals surface area contributed by atoms with E-state index in [-0.39, 0.29) is 27.2 Å². The molecule has 1 heterocycles. The van der Waals surface area contributed by atoms with Crippen molar-refractivity contribution in [2.75, 3.05) is 10.6 Å². The van der Waals surface area contributed by atoms with Gasteiger partial charge in [0.15, 0.2) is 0 Å². The fourth-order valence-electron chi connectivity index (χ4n) is 3.87. The Morgan fingerprint density at radius 2 is 1.12 bits per heavy atom. The van der Waals surface area contributed by atoms with Gasteiger partial charge in [0, 0.05) is 53.6 Å². The second-order valence-electron chi connectivity index (χ2n) is 11.5. The zero-order valence-electron chi connectivity index (χ0n) is 24.2. The molecule has 222 valence electrons. The first-order valence-corrected chi connectivity index (χ1v) is 16.3. The summed E-state index contributed by atoms with van der Waals surface area (Å²) in [7, 11) is -8.11. The summed E-state index contributed by atoms with van der Waals surface area (Å²) in [5.41, 5.74) is -0.366. The number of hydrogen-bond acceptors (Lipinski definition) is 8. The van der Waals surface area contributed by atoms with Crippen molar-refractivity contribution in [2.45, 2.75) is 76.3 Å². The molecule has 0 unspecified atom stereocenters. The summed E-state index contributed by atoms with van der Waals surface area (Å²) in [5, 5.41) is 5.52. The van der Waals surface area contributed by atoms with Crippen molar-refractivity contribution in [3.8, 4) is 21.0 Å². The third kappa shape index (κ3) is 8.66. The molecule has 11 nitrogen and oxygen atoms in total. The highest BCUT2D eigenvalue weighted by atomic mass is 32.2. The Kier molecular flexibility index (Phi) is 9.16. The highest BCUT2D eigenvalue weighted by Gasteiger charge is 2.29. The first kappa shape index (κ1) is 32.3. The van der Waals surface area contributed by atoms with Gasteiger partial charge in [-0.3, -0.25) is 9.59 Å². The van der Waals surface area contributed by atoms with Crippen molar-refractivity contribution in [3.63, 3.8) is 0 Å². The maximum Gasteiger partial charge on any atom is 0.241 e. The molecule has 41 heavy (non-hydrogen) atoms. The highest BCUT2D eigenvalue weighted by Crippen LogP contribution is 2.39. The molecule has 3 rings (SSSR count). The van der Waals surface area contributed by atoms with Gasteiger partial charge in [-0.15, -0.1) is 11.3 Å². The van der Waals surface area contributed by atoms with Crippen LogP contribution >= 0.6 is 11.3 Å². The molecule has 0 atom stereocenters. The summed E-state index contributed by atoms with van der Waals surface area (Å²) in [4.78, 5) is 28.0. The van der Waals surface area contributed by atoms with Gasteiger partial charge < -0.3 is 10.6 Å². The maximum absolute atomic E-state index is 13.4. The van der Waals surface area contributed by atoms with Crippen LogP contribution in [0, 0.1) is 0 Å². The number of benzene rings is 2. The van der Waals surface area contributed by atoms with Crippen molar-refractivity contribution in [1.29, 1.82) is 0 Å². The van der Waals surface area contributed by atoms with Crippen LogP contribution in [-0.2, 0) is 29.6 Å². The van der Waals surface area contributed by atoms with Gasteiger partial charge >= 0.3 is 0 Å². The molecule has 0 aliphatic heterocycles. The van der Waals surface area contributed by atoms with Crippen LogP contribution < -0.4 is 20.1 Å². The summed E-state index contributed by atoms with van der Waals surface area (Å²) in [5.74, 6) is -0.716. The molecular weight excluding hydrogens is 587 g/mol. The molecule has 3 aromatic rings. The molecule has 0 saturated heterocycles. The molecule has 0 aliphatic carbocycles. The van der Waals surface area contributed by atoms with Crippen LogP contribution in [0.2, 0.25) is 0 Å². The summed E-state index contributed by atoms with van der Waals surface area (Å²) in [6.07, 6.45) is 1.47. The Morgan fingerprint density at radius 3 is 1.54 bits per heavy atom. The van der Waals surface area contributed by atoms with Gasteiger partial charge in [-0.2, -0.15) is 0 Å². The van der Waals surface area contributed by atoms with Crippen LogP contribution in [0.5, 0.6) is 0 Å². The van der Waals surface area contributed by atoms with Crippen molar-refractivity contribution in [3.05, 3.63) is 42.6 Å². The Bertz CT molecular complexity index is 1580. The molecule has 2 amide bonds. The molecule has 2 aromatic carbocycles. The first-order valence-electron chi connectivity index (χ1n) is 12.5. The molecule has 0 radical (unpaired) electrons. The highest BCUT2D eigenvalue weighted by molar-refractivity contribution is 7.90. The van der Waals surface area contributed by atoms with E-state index in [0.29, 0.717) is 26.8 Å². The number of aromatic nitrogens is 1. The summed E-state index contributed by atoms with van der Waals surface area (Å²) in [6, 6.07) is 8.99. The van der Waals surface area contributed by atoms with E-state index in [1.165, 1.54) is 32.2 Å². The SMILES string of the molecule is CC(=O)Nc1ccc(-c2cnc(-c3ccc(NC(C)=O)cc3S(=O)(=O)NC(C)(C)C)s2)c(S(=O)(=O)NC(C)(C)C)c1. The summed E-state index contributed by atoms with van der Waals surface area (Å²) >= 11 is 1.10. The molecule has 0 bridgehead atoms. The number of amides is 2. The average molecular weight is 622 g/mol. The zero-order valence-corrected chi connectivity index (χ0v) is 26.6. The van der Waals surface area contributed by atoms with Crippen LogP contribution in [0.3, 0.4) is 0 Å². The van der Waals surface area contributed by atoms with Crippen LogP contribution in [-0.4, -0.2) is 44.7 Å². The number of sulfonamides is 2. The van der Waals surface area contributed by atoms with E-state index in [0.717, 1.165) is 11.3 Å². The molecule has 0 spiro atoms. The largest absolute Gasteiger partial charge is 0.326 e. The molecule has 0 saturated carbocycles. The molecule has 14 heteroatoms. The number of nitrogens with zero attached hydrogens (tertiary/aromatic N) is 1. The predicted octanol–water partition coefficient (Wildman–Crippen LogP) is 4.55. The maximum atomic E-state index is 13.4. The minimum absolute atomic E-state index is 0.0721. The fourth-order valence-corrected chi connectivity index (χ4v) is 8.31. The van der Waals surface area contributed by atoms with E-state index in [9.17, 15) is 26.4 Å². The number of hydrogen-bond donors (Lipinski definition) is 4. The van der Waals surface area contributed by atoms with Gasteiger partial charge in [-0.05, 0) is 71.9 Å². The Morgan fingerprint density at radius 1 is 0.707 bits per heavy atom. The predicted molar refractivity (Wildman–Crippen MR) is 162 cm³/mol. The van der Waals surface area contributed by atoms with Crippen LogP contribution in [0.1, 0.15) is 55.4 Å². The lowest BCUT2D eigenvalue weighted by atomic mass is 10.1. The third-order valence-corrected chi connectivity index (χ3v) is 9.73. The van der Waals surface area contributed by atoms with Gasteiger partial charge in [-0.1, -0.05) is 6.07 Å². The Labute approximate surface area is 245 Å². The van der Waals surface area contributed by atoms with Crippen LogP contribution in [0.25, 0.3) is 21.0 Å². The van der Waals surface area contributed by atoms with Crippen LogP contribution in [0.15, 0.2) is 52.4 Å². The minimum Gasteiger partial charge on any atom is -0.326 e. The smallest absolute Gasteiger partial charge is 0.241 e. The number of rotatable bonds is 8. The molecular formula is C27H35N5O6S3. The van der Waals surface area contributed by atoms with E-state index in [1.807, 2.05) is 0 Å². The van der Waals surface area contributed by atoms with Crippen molar-refractivity contribution >= 4 is 54.6 Å². The van der Waals surface area contributed by atoms with E-state index in [1.54, 1.807) is 65.8 Å². The first-order chi connectivity index (χ1) is 18.7. The molecule has 0 fully saturated rings. The van der Waals surface area contributed by atoms with Crippen molar-refractivity contribution < 1.29 is 26.4 Å². The van der Waals surface area contributed by atoms with Gasteiger partial charge in [-0.25, -0.2) is 31.3 Å². The van der Waals surface area contributed by atoms with E-state index in [2.05, 4.69) is 25.1 Å². The lowest BCUT2D eigenvalue weighted by molar-refractivity contribution is -0.115. The standard InChI is InChI=1S/C27H35N5O6S3/c1-16(33)29-18-9-11-20(23(13-18)40(35,36)31-26(3,4)5)22-15-28-25(39-22)21-12-10-19(30-17(2)34)14-24(21)41(37,38)32-27(6,7)8/h9-15,31-32H,1-8H3,(H,29,33)(H,30,34). The fraction of sp³-hybridized carbons (Fsp3) is 0.370. The van der Waals surface area contributed by atoms with Crippen molar-refractivity contribution in [1.82, 2.24) is 14.4 Å². The normalized spacial score (nSPS) is 12.7. The van der Waals surface area contributed by atoms with Crippen molar-refractivity contribution in [2.24, 2.45) is 0 Å². The molecule has 1 aromatic heterocycles. The molecule has 0 aliphatic rings. The van der Waals surface area contributed by atoms with Crippen LogP contribution in [0.4, 0.5) is 11.4 Å². The van der Waals surface area contributed by atoms with E-state index < -0.39 is 31.1 Å². The molecule has 4 N–H and O–H groups in total. The lowest BCUT2D eigenvalue weighted by Crippen LogP contribution is -2.40. The summed E-state index contributed by atoms with van der Waals surface area (Å²) in [6.45, 7) is 12.9. The number of carbonyl (C=O) groups excluding carboxylic acids is 2. The minimum atomic E-state index is -4.06. The lowest BCUT2D eigenvalue weighted by Gasteiger charge is -2.22. The quantitative estimate of drug-likeness (QED) is 0.287. The number of carbonyl (C=O) groups is 2. The van der Waals surface area contributed by atoms with Gasteiger partial charge in [0.05, 0.1) is 14.7 Å². The number of thiazole rings is 1. The van der Waals surface area contributed by atoms with Gasteiger partial charge in [0.2, 0.25) is 31.9 Å². The van der Waals surface area contributed by atoms with E-state index >= 15 is 0 Å². The third-order valence-electron chi connectivity index (χ3n) is 5.07. The van der Waals surface area contributed by atoms with Gasteiger partial charge in [0.1, 0.15) is 5.01 Å². The Balaban J connectivity index is 2.21. The topological polar surface area (TPSA) is 163 Å².